The van der Waals surface area contributed by atoms with E-state index in [2.05, 4.69) is 20.6 Å². The van der Waals surface area contributed by atoms with Gasteiger partial charge in [0, 0.05) is 14.1 Å². The molecular formula is C10H12N2O4. The molecule has 0 aliphatic carbocycles. The van der Waals surface area contributed by atoms with Gasteiger partial charge >= 0.3 is 11.9 Å². The van der Waals surface area contributed by atoms with Gasteiger partial charge in [-0.05, 0) is 24.3 Å². The third-order valence-corrected chi connectivity index (χ3v) is 1.75. The lowest BCUT2D eigenvalue weighted by Crippen LogP contribution is -2.16. The summed E-state index contributed by atoms with van der Waals surface area (Å²) < 4.78 is 0. The fourth-order valence-electron chi connectivity index (χ4n) is 1.05. The Bertz CT molecular complexity index is 338. The Morgan fingerprint density at radius 3 is 1.44 bits per heavy atom. The summed E-state index contributed by atoms with van der Waals surface area (Å²) >= 11 is 0. The summed E-state index contributed by atoms with van der Waals surface area (Å²) in [7, 11) is 2.97. The molecule has 0 unspecified atom stereocenters. The van der Waals surface area contributed by atoms with Crippen LogP contribution in [0, 0.1) is 0 Å². The van der Waals surface area contributed by atoms with Crippen LogP contribution in [0.15, 0.2) is 24.3 Å². The van der Waals surface area contributed by atoms with Crippen molar-refractivity contribution in [3.63, 3.8) is 0 Å². The van der Waals surface area contributed by atoms with Crippen LogP contribution < -0.4 is 11.0 Å². The van der Waals surface area contributed by atoms with Crippen molar-refractivity contribution < 1.29 is 19.3 Å². The van der Waals surface area contributed by atoms with Gasteiger partial charge < -0.3 is 9.68 Å². The first-order chi connectivity index (χ1) is 7.69. The van der Waals surface area contributed by atoms with Crippen LogP contribution in [0.2, 0.25) is 0 Å². The number of rotatable bonds is 4. The van der Waals surface area contributed by atoms with Gasteiger partial charge in [-0.3, -0.25) is 0 Å². The van der Waals surface area contributed by atoms with Gasteiger partial charge in [0.1, 0.15) is 0 Å². The Balaban J connectivity index is 2.75. The van der Waals surface area contributed by atoms with Crippen LogP contribution >= 0.6 is 0 Å². The van der Waals surface area contributed by atoms with E-state index in [-0.39, 0.29) is 0 Å². The van der Waals surface area contributed by atoms with E-state index in [0.717, 1.165) is 0 Å². The maximum atomic E-state index is 11.2. The molecule has 2 N–H and O–H groups in total. The molecule has 0 heterocycles. The molecule has 0 bridgehead atoms. The minimum atomic E-state index is -0.518. The molecule has 0 atom stereocenters. The molecule has 0 spiro atoms. The second kappa shape index (κ2) is 5.84. The molecule has 0 aromatic heterocycles. The summed E-state index contributed by atoms with van der Waals surface area (Å²) in [5, 5.41) is 0. The van der Waals surface area contributed by atoms with Crippen LogP contribution in [0.5, 0.6) is 0 Å². The number of hydroxylamine groups is 2. The van der Waals surface area contributed by atoms with Crippen LogP contribution in [-0.4, -0.2) is 26.0 Å². The molecule has 1 aromatic carbocycles. The zero-order chi connectivity index (χ0) is 12.0. The third-order valence-electron chi connectivity index (χ3n) is 1.75. The molecule has 0 saturated carbocycles. The number of nitrogens with one attached hydrogen (secondary N) is 2. The van der Waals surface area contributed by atoms with Crippen LogP contribution in [0.25, 0.3) is 0 Å². The molecular weight excluding hydrogens is 212 g/mol. The number of carbonyl (C=O) groups is 2. The van der Waals surface area contributed by atoms with Gasteiger partial charge in [0.2, 0.25) is 0 Å². The largest absolute Gasteiger partial charge is 0.367 e. The minimum absolute atomic E-state index is 0.343. The summed E-state index contributed by atoms with van der Waals surface area (Å²) in [4.78, 5) is 31.6. The molecule has 0 radical (unpaired) electrons. The van der Waals surface area contributed by atoms with Crippen molar-refractivity contribution >= 4 is 11.9 Å². The van der Waals surface area contributed by atoms with Crippen LogP contribution in [0.1, 0.15) is 20.7 Å². The van der Waals surface area contributed by atoms with Crippen molar-refractivity contribution in [3.8, 4) is 0 Å². The van der Waals surface area contributed by atoms with Gasteiger partial charge in [-0.15, -0.1) is 0 Å². The fraction of sp³-hybridized carbons (Fsp3) is 0.200. The molecule has 6 nitrogen and oxygen atoms in total. The first kappa shape index (κ1) is 12.2. The van der Waals surface area contributed by atoms with Crippen molar-refractivity contribution in [2.24, 2.45) is 0 Å². The van der Waals surface area contributed by atoms with E-state index in [4.69, 9.17) is 0 Å². The fourth-order valence-corrected chi connectivity index (χ4v) is 1.05. The number of hydrogen-bond donors (Lipinski definition) is 2. The summed E-state index contributed by atoms with van der Waals surface area (Å²) in [6, 6.07) is 5.91. The lowest BCUT2D eigenvalue weighted by Gasteiger charge is -2.03. The normalized spacial score (nSPS) is 9.62. The van der Waals surface area contributed by atoms with E-state index < -0.39 is 11.9 Å². The van der Waals surface area contributed by atoms with Crippen molar-refractivity contribution in [1.29, 1.82) is 0 Å². The zero-order valence-corrected chi connectivity index (χ0v) is 8.94. The van der Waals surface area contributed by atoms with Crippen molar-refractivity contribution in [1.82, 2.24) is 11.0 Å². The van der Waals surface area contributed by atoms with Gasteiger partial charge in [0.25, 0.3) is 0 Å². The highest BCUT2D eigenvalue weighted by Gasteiger charge is 2.10. The van der Waals surface area contributed by atoms with Crippen LogP contribution in [0.3, 0.4) is 0 Å². The topological polar surface area (TPSA) is 76.7 Å². The Morgan fingerprint density at radius 2 is 1.19 bits per heavy atom. The average molecular weight is 224 g/mol. The molecule has 0 aliphatic heterocycles. The average Bonchev–Trinajstić information content (AvgIpc) is 2.30. The standard InChI is InChI=1S/C10H12N2O4/c1-11-15-9(13)7-3-5-8(6-4-7)10(14)16-12-2/h3-6,11-12H,1-2H3. The van der Waals surface area contributed by atoms with Crippen molar-refractivity contribution in [2.75, 3.05) is 14.1 Å². The Labute approximate surface area is 92.4 Å². The summed E-state index contributed by atoms with van der Waals surface area (Å²) in [6.45, 7) is 0. The molecule has 1 rings (SSSR count). The van der Waals surface area contributed by atoms with E-state index >= 15 is 0 Å². The van der Waals surface area contributed by atoms with E-state index in [0.29, 0.717) is 11.1 Å². The second-order valence-corrected chi connectivity index (χ2v) is 2.76. The van der Waals surface area contributed by atoms with Gasteiger partial charge in [-0.1, -0.05) is 0 Å². The summed E-state index contributed by atoms with van der Waals surface area (Å²) in [6.07, 6.45) is 0. The summed E-state index contributed by atoms with van der Waals surface area (Å²) in [5.74, 6) is -1.04. The molecule has 0 aliphatic rings. The van der Waals surface area contributed by atoms with Gasteiger partial charge in [0.15, 0.2) is 0 Å². The van der Waals surface area contributed by atoms with Gasteiger partial charge in [-0.25, -0.2) is 9.59 Å². The second-order valence-electron chi connectivity index (χ2n) is 2.76. The predicted molar refractivity (Wildman–Crippen MR) is 55.4 cm³/mol. The lowest BCUT2D eigenvalue weighted by atomic mass is 10.1. The smallest absolute Gasteiger partial charge is 0.356 e. The summed E-state index contributed by atoms with van der Waals surface area (Å²) in [5.41, 5.74) is 5.23. The van der Waals surface area contributed by atoms with E-state index in [9.17, 15) is 9.59 Å². The SMILES string of the molecule is CNOC(=O)c1ccc(C(=O)ONC)cc1. The Morgan fingerprint density at radius 1 is 0.875 bits per heavy atom. The van der Waals surface area contributed by atoms with Crippen LogP contribution in [0.4, 0.5) is 0 Å². The van der Waals surface area contributed by atoms with Gasteiger partial charge in [0.05, 0.1) is 11.1 Å². The highest BCUT2D eigenvalue weighted by atomic mass is 16.7. The molecule has 16 heavy (non-hydrogen) atoms. The van der Waals surface area contributed by atoms with Crippen LogP contribution in [-0.2, 0) is 9.68 Å². The number of carbonyl (C=O) groups excluding carboxylic acids is 2. The van der Waals surface area contributed by atoms with E-state index in [1.165, 1.54) is 38.4 Å². The minimum Gasteiger partial charge on any atom is -0.367 e. The van der Waals surface area contributed by atoms with Crippen molar-refractivity contribution in [2.45, 2.75) is 0 Å². The third kappa shape index (κ3) is 3.04. The van der Waals surface area contributed by atoms with E-state index in [1.54, 1.807) is 0 Å². The Hall–Kier alpha value is -1.92. The highest BCUT2D eigenvalue weighted by Crippen LogP contribution is 2.06. The molecule has 86 valence electrons. The maximum absolute atomic E-state index is 11.2. The molecule has 6 heteroatoms. The quantitative estimate of drug-likeness (QED) is 0.715. The molecule has 1 aromatic rings. The molecule has 0 saturated heterocycles. The zero-order valence-electron chi connectivity index (χ0n) is 8.94. The molecule has 0 amide bonds. The first-order valence-corrected chi connectivity index (χ1v) is 4.55. The van der Waals surface area contributed by atoms with Gasteiger partial charge in [-0.2, -0.15) is 11.0 Å². The number of hydrogen-bond acceptors (Lipinski definition) is 6. The predicted octanol–water partition coefficient (Wildman–Crippen LogP) is 0.269. The van der Waals surface area contributed by atoms with E-state index in [1.807, 2.05) is 0 Å². The van der Waals surface area contributed by atoms with Crippen molar-refractivity contribution in [3.05, 3.63) is 35.4 Å². The first-order valence-electron chi connectivity index (χ1n) is 4.55. The molecule has 0 fully saturated rings. The number of benzene rings is 1. The Kier molecular flexibility index (Phi) is 4.43. The highest BCUT2D eigenvalue weighted by molar-refractivity contribution is 5.93. The maximum Gasteiger partial charge on any atom is 0.356 e. The monoisotopic (exact) mass is 224 g/mol. The lowest BCUT2D eigenvalue weighted by molar-refractivity contribution is 0.0296.